The average Bonchev–Trinajstić information content (AvgIpc) is 3.43. The number of aliphatic hydroxyl groups is 1. The van der Waals surface area contributed by atoms with Gasteiger partial charge in [0.25, 0.3) is 0 Å². The number of thiazole rings is 1. The van der Waals surface area contributed by atoms with Crippen molar-refractivity contribution in [2.75, 3.05) is 12.4 Å². The van der Waals surface area contributed by atoms with Crippen LogP contribution in [-0.2, 0) is 12.6 Å². The molecule has 3 heterocycles. The number of anilines is 2. The van der Waals surface area contributed by atoms with Gasteiger partial charge in [0.05, 0.1) is 27.4 Å². The molecule has 2 N–H and O–H groups in total. The third kappa shape index (κ3) is 10.2. The van der Waals surface area contributed by atoms with Crippen LogP contribution in [0, 0.1) is 12.8 Å². The lowest BCUT2D eigenvalue weighted by molar-refractivity contribution is -0.137. The Bertz CT molecular complexity index is 1640. The Morgan fingerprint density at radius 1 is 1.13 bits per heavy atom. The summed E-state index contributed by atoms with van der Waals surface area (Å²) in [6.45, 7) is 11.5. The summed E-state index contributed by atoms with van der Waals surface area (Å²) in [6.07, 6.45) is 6.35. The van der Waals surface area contributed by atoms with E-state index in [4.69, 9.17) is 4.98 Å². The second-order valence-electron chi connectivity index (χ2n) is 10.4. The first kappa shape index (κ1) is 34.9. The summed E-state index contributed by atoms with van der Waals surface area (Å²) >= 11 is 1.39. The summed E-state index contributed by atoms with van der Waals surface area (Å²) in [6, 6.07) is 14.7. The summed E-state index contributed by atoms with van der Waals surface area (Å²) in [4.78, 5) is 18.0. The van der Waals surface area contributed by atoms with Gasteiger partial charge in [-0.2, -0.15) is 13.2 Å². The molecule has 0 bridgehead atoms. The van der Waals surface area contributed by atoms with Crippen LogP contribution >= 0.6 is 11.3 Å². The number of aromatic nitrogens is 3. The van der Waals surface area contributed by atoms with Crippen molar-refractivity contribution in [2.24, 2.45) is 10.9 Å². The van der Waals surface area contributed by atoms with Gasteiger partial charge in [0.15, 0.2) is 5.13 Å². The minimum absolute atomic E-state index is 0.0499. The second-order valence-corrected chi connectivity index (χ2v) is 11.4. The zero-order valence-corrected chi connectivity index (χ0v) is 26.9. The lowest BCUT2D eigenvalue weighted by atomic mass is 10.0. The number of aryl methyl sites for hydroxylation is 2. The van der Waals surface area contributed by atoms with Crippen molar-refractivity contribution in [3.63, 3.8) is 0 Å². The number of halogens is 3. The van der Waals surface area contributed by atoms with Crippen molar-refractivity contribution in [3.05, 3.63) is 120 Å². The molecule has 0 fully saturated rings. The molecule has 0 aliphatic rings. The van der Waals surface area contributed by atoms with E-state index in [0.717, 1.165) is 58.2 Å². The molecule has 0 radical (unpaired) electrons. The lowest BCUT2D eigenvalue weighted by Crippen LogP contribution is -2.08. The van der Waals surface area contributed by atoms with Gasteiger partial charge >= 0.3 is 6.18 Å². The lowest BCUT2D eigenvalue weighted by Gasteiger charge is -2.12. The maximum absolute atomic E-state index is 13.3. The molecule has 4 rings (SSSR count). The van der Waals surface area contributed by atoms with Crippen molar-refractivity contribution in [1.29, 1.82) is 0 Å². The quantitative estimate of drug-likeness (QED) is 0.103. The van der Waals surface area contributed by atoms with Crippen molar-refractivity contribution < 1.29 is 18.3 Å². The average molecular weight is 634 g/mol. The van der Waals surface area contributed by atoms with Crippen LogP contribution in [0.5, 0.6) is 0 Å². The van der Waals surface area contributed by atoms with Gasteiger partial charge in [-0.15, -0.1) is 0 Å². The predicted octanol–water partition coefficient (Wildman–Crippen LogP) is 10.0. The van der Waals surface area contributed by atoms with E-state index in [0.29, 0.717) is 11.0 Å². The van der Waals surface area contributed by atoms with E-state index in [1.807, 2.05) is 61.5 Å². The van der Waals surface area contributed by atoms with Gasteiger partial charge in [-0.05, 0) is 74.1 Å². The van der Waals surface area contributed by atoms with Gasteiger partial charge in [-0.25, -0.2) is 9.97 Å². The predicted molar refractivity (Wildman–Crippen MR) is 180 cm³/mol. The van der Waals surface area contributed by atoms with Crippen molar-refractivity contribution in [2.45, 2.75) is 46.7 Å². The molecule has 0 spiro atoms. The number of benzene rings is 1. The SMILES string of the molecule is C=C/C=C\C(=NC)c1ccc(-c2sc(Nc3ncc(C(F)(F)F)cc3C(O)=CC)nc2CCC(C)C)cc1.Cc1ccccn1. The van der Waals surface area contributed by atoms with Crippen LogP contribution in [0.4, 0.5) is 24.1 Å². The highest BCUT2D eigenvalue weighted by Crippen LogP contribution is 2.38. The molecule has 0 saturated carbocycles. The minimum Gasteiger partial charge on any atom is -0.508 e. The van der Waals surface area contributed by atoms with Crippen LogP contribution in [-0.4, -0.2) is 32.8 Å². The number of aliphatic hydroxyl groups excluding tert-OH is 1. The summed E-state index contributed by atoms with van der Waals surface area (Å²) in [5, 5.41) is 13.8. The zero-order chi connectivity index (χ0) is 33.0. The van der Waals surface area contributed by atoms with Crippen LogP contribution in [0.2, 0.25) is 0 Å². The van der Waals surface area contributed by atoms with Crippen molar-refractivity contribution >= 4 is 33.8 Å². The summed E-state index contributed by atoms with van der Waals surface area (Å²) in [5.74, 6) is 0.257. The largest absolute Gasteiger partial charge is 0.508 e. The van der Waals surface area contributed by atoms with E-state index in [9.17, 15) is 18.3 Å². The van der Waals surface area contributed by atoms with Gasteiger partial charge in [-0.3, -0.25) is 9.98 Å². The molecule has 45 heavy (non-hydrogen) atoms. The number of alkyl halides is 3. The molecular formula is C35H38F3N5OS. The third-order valence-electron chi connectivity index (χ3n) is 6.53. The molecule has 0 atom stereocenters. The smallest absolute Gasteiger partial charge is 0.417 e. The Labute approximate surface area is 266 Å². The van der Waals surface area contributed by atoms with E-state index in [2.05, 4.69) is 40.7 Å². The molecule has 1 aromatic carbocycles. The molecule has 0 aliphatic carbocycles. The fourth-order valence-corrected chi connectivity index (χ4v) is 5.11. The Morgan fingerprint density at radius 2 is 1.87 bits per heavy atom. The zero-order valence-electron chi connectivity index (χ0n) is 26.1. The van der Waals surface area contributed by atoms with E-state index in [1.54, 1.807) is 19.3 Å². The summed E-state index contributed by atoms with van der Waals surface area (Å²) in [7, 11) is 1.73. The summed E-state index contributed by atoms with van der Waals surface area (Å²) in [5.41, 5.74) is 3.72. The van der Waals surface area contributed by atoms with E-state index < -0.39 is 11.7 Å². The number of rotatable bonds is 10. The number of nitrogens with one attached hydrogen (secondary N) is 1. The first-order valence-electron chi connectivity index (χ1n) is 14.4. The van der Waals surface area contributed by atoms with Crippen LogP contribution in [0.15, 0.2) is 96.8 Å². The van der Waals surface area contributed by atoms with Gasteiger partial charge in [0.2, 0.25) is 0 Å². The van der Waals surface area contributed by atoms with Gasteiger partial charge in [-0.1, -0.05) is 74.2 Å². The van der Waals surface area contributed by atoms with Crippen molar-refractivity contribution in [3.8, 4) is 10.4 Å². The third-order valence-corrected chi connectivity index (χ3v) is 7.59. The normalized spacial score (nSPS) is 12.3. The van der Waals surface area contributed by atoms with Gasteiger partial charge in [0.1, 0.15) is 11.6 Å². The van der Waals surface area contributed by atoms with Crippen LogP contribution in [0.3, 0.4) is 0 Å². The Morgan fingerprint density at radius 3 is 2.40 bits per heavy atom. The monoisotopic (exact) mass is 633 g/mol. The molecule has 0 saturated heterocycles. The highest BCUT2D eigenvalue weighted by atomic mass is 32.1. The topological polar surface area (TPSA) is 83.3 Å². The van der Waals surface area contributed by atoms with Crippen LogP contribution < -0.4 is 5.32 Å². The fourth-order valence-electron chi connectivity index (χ4n) is 4.10. The molecule has 0 unspecified atom stereocenters. The maximum Gasteiger partial charge on any atom is 0.417 e. The van der Waals surface area contributed by atoms with Crippen LogP contribution in [0.25, 0.3) is 16.2 Å². The number of allylic oxidation sites excluding steroid dienone is 4. The first-order valence-corrected chi connectivity index (χ1v) is 15.2. The van der Waals surface area contributed by atoms with E-state index >= 15 is 0 Å². The maximum atomic E-state index is 13.3. The molecule has 0 aliphatic heterocycles. The fraction of sp³-hybridized carbons (Fsp3) is 0.257. The van der Waals surface area contributed by atoms with Crippen molar-refractivity contribution in [1.82, 2.24) is 15.0 Å². The molecule has 236 valence electrons. The Hall–Kier alpha value is -4.57. The number of pyridine rings is 2. The number of hydrogen-bond donors (Lipinski definition) is 2. The first-order chi connectivity index (χ1) is 21.5. The Kier molecular flexibility index (Phi) is 12.8. The number of nitrogens with zero attached hydrogens (tertiary/aromatic N) is 4. The van der Waals surface area contributed by atoms with E-state index in [-0.39, 0.29) is 17.1 Å². The minimum atomic E-state index is -4.58. The highest BCUT2D eigenvalue weighted by molar-refractivity contribution is 7.19. The summed E-state index contributed by atoms with van der Waals surface area (Å²) < 4.78 is 39.8. The van der Waals surface area contributed by atoms with Crippen LogP contribution in [0.1, 0.15) is 55.3 Å². The number of aliphatic imine (C=N–C) groups is 1. The standard InChI is InChI=1S/C29H31F3N4OS.C6H7N/c1-6-8-9-23(33-5)19-11-13-20(14-12-19)26-24(15-10-18(3)4)35-28(38-26)36-27-22(25(37)7-2)16-21(17-34-27)29(30,31)32;1-6-4-2-3-5-7-6/h6-9,11-14,16-18,37H,1,10,15H2,2-5H3,(H,34,35,36);2-5H,1H3/b9-8-,25-7?,33-23?;. The molecule has 10 heteroatoms. The molecule has 6 nitrogen and oxygen atoms in total. The Balaban J connectivity index is 0.000000693. The van der Waals surface area contributed by atoms with Gasteiger partial charge in [0, 0.05) is 25.1 Å². The number of hydrogen-bond acceptors (Lipinski definition) is 7. The van der Waals surface area contributed by atoms with E-state index in [1.165, 1.54) is 24.3 Å². The molecule has 4 aromatic rings. The highest BCUT2D eigenvalue weighted by Gasteiger charge is 2.32. The van der Waals surface area contributed by atoms with Gasteiger partial charge < -0.3 is 10.4 Å². The second kappa shape index (κ2) is 16.5. The molecule has 3 aromatic heterocycles. The molecular weight excluding hydrogens is 595 g/mol. The molecule has 0 amide bonds.